The van der Waals surface area contributed by atoms with Crippen LogP contribution in [0.1, 0.15) is 34.1 Å². The number of carbonyl (C=O) groups excluding carboxylic acids is 2. The predicted molar refractivity (Wildman–Crippen MR) is 106 cm³/mol. The fraction of sp³-hybridized carbons (Fsp3) is 0.167. The van der Waals surface area contributed by atoms with Crippen molar-refractivity contribution in [3.8, 4) is 0 Å². The summed E-state index contributed by atoms with van der Waals surface area (Å²) in [6.07, 6.45) is 0. The van der Waals surface area contributed by atoms with Crippen LogP contribution in [0.3, 0.4) is 0 Å². The lowest BCUT2D eigenvalue weighted by Crippen LogP contribution is -2.64. The van der Waals surface area contributed by atoms with E-state index >= 15 is 0 Å². The van der Waals surface area contributed by atoms with E-state index in [2.05, 4.69) is 29.7 Å². The van der Waals surface area contributed by atoms with Crippen LogP contribution in [0.25, 0.3) is 0 Å². The average molecular weight is 366 g/mol. The summed E-state index contributed by atoms with van der Waals surface area (Å²) in [6.45, 7) is 0. The van der Waals surface area contributed by atoms with Crippen molar-refractivity contribution in [1.82, 2.24) is 5.43 Å². The van der Waals surface area contributed by atoms with Crippen molar-refractivity contribution in [1.29, 1.82) is 0 Å². The lowest BCUT2D eigenvalue weighted by Gasteiger charge is -2.52. The summed E-state index contributed by atoms with van der Waals surface area (Å²) in [4.78, 5) is 26.9. The molecule has 3 aromatic carbocycles. The Morgan fingerprint density at radius 3 is 1.61 bits per heavy atom. The number of anilines is 1. The molecule has 4 aliphatic rings. The first-order valence-electron chi connectivity index (χ1n) is 9.63. The number of benzene rings is 3. The zero-order valence-corrected chi connectivity index (χ0v) is 15.1. The van der Waals surface area contributed by atoms with Crippen LogP contribution >= 0.6 is 0 Å². The smallest absolute Gasteiger partial charge is 0.250 e. The van der Waals surface area contributed by atoms with Gasteiger partial charge in [-0.15, -0.1) is 0 Å². The predicted octanol–water partition coefficient (Wildman–Crippen LogP) is 3.59. The molecule has 0 aromatic heterocycles. The lowest BCUT2D eigenvalue weighted by atomic mass is 9.53. The maximum absolute atomic E-state index is 13.6. The molecule has 2 bridgehead atoms. The minimum Gasteiger partial charge on any atom is -0.273 e. The average Bonchev–Trinajstić information content (AvgIpc) is 2.76. The molecule has 1 aliphatic heterocycles. The van der Waals surface area contributed by atoms with Crippen molar-refractivity contribution in [2.24, 2.45) is 11.8 Å². The molecule has 4 nitrogen and oxygen atoms in total. The highest BCUT2D eigenvalue weighted by molar-refractivity contribution is 6.06. The number of amides is 2. The van der Waals surface area contributed by atoms with Crippen LogP contribution < -0.4 is 10.4 Å². The summed E-state index contributed by atoms with van der Waals surface area (Å²) in [6, 6.07) is 25.9. The fourth-order valence-corrected chi connectivity index (χ4v) is 5.45. The number of hydrazine groups is 1. The fourth-order valence-electron chi connectivity index (χ4n) is 5.45. The van der Waals surface area contributed by atoms with Gasteiger partial charge in [0, 0.05) is 11.8 Å². The van der Waals surface area contributed by atoms with Gasteiger partial charge in [-0.25, -0.2) is 5.01 Å². The van der Waals surface area contributed by atoms with Gasteiger partial charge in [0.15, 0.2) is 0 Å². The number of rotatable bonds is 1. The summed E-state index contributed by atoms with van der Waals surface area (Å²) in [7, 11) is 0. The Morgan fingerprint density at radius 2 is 1.07 bits per heavy atom. The summed E-state index contributed by atoms with van der Waals surface area (Å²) in [5.74, 6) is -1.04. The zero-order valence-electron chi connectivity index (χ0n) is 15.1. The Bertz CT molecular complexity index is 1080. The number of hydrogen-bond donors (Lipinski definition) is 1. The van der Waals surface area contributed by atoms with Crippen LogP contribution in [-0.4, -0.2) is 11.8 Å². The highest BCUT2D eigenvalue weighted by Crippen LogP contribution is 2.59. The molecule has 2 amide bonds. The summed E-state index contributed by atoms with van der Waals surface area (Å²) in [5.41, 5.74) is 8.30. The summed E-state index contributed by atoms with van der Waals surface area (Å²) < 4.78 is 0. The summed E-state index contributed by atoms with van der Waals surface area (Å²) in [5, 5.41) is 1.44. The van der Waals surface area contributed by atoms with Crippen LogP contribution in [0.5, 0.6) is 0 Å². The van der Waals surface area contributed by atoms with Crippen molar-refractivity contribution >= 4 is 17.5 Å². The third-order valence-corrected chi connectivity index (χ3v) is 6.48. The van der Waals surface area contributed by atoms with Crippen molar-refractivity contribution in [3.05, 3.63) is 101 Å². The van der Waals surface area contributed by atoms with Crippen LogP contribution in [-0.2, 0) is 9.59 Å². The Morgan fingerprint density at radius 1 is 0.607 bits per heavy atom. The van der Waals surface area contributed by atoms with Gasteiger partial charge in [0.25, 0.3) is 5.91 Å². The number of nitrogens with zero attached hydrogens (tertiary/aromatic N) is 1. The summed E-state index contributed by atoms with van der Waals surface area (Å²) >= 11 is 0. The van der Waals surface area contributed by atoms with E-state index in [4.69, 9.17) is 0 Å². The first kappa shape index (κ1) is 15.6. The van der Waals surface area contributed by atoms with Gasteiger partial charge in [0.1, 0.15) is 0 Å². The van der Waals surface area contributed by atoms with Gasteiger partial charge in [-0.05, 0) is 34.4 Å². The van der Waals surface area contributed by atoms with E-state index in [1.54, 1.807) is 0 Å². The van der Waals surface area contributed by atoms with Gasteiger partial charge in [-0.2, -0.15) is 0 Å². The van der Waals surface area contributed by atoms with E-state index in [-0.39, 0.29) is 35.5 Å². The highest BCUT2D eigenvalue weighted by atomic mass is 16.2. The van der Waals surface area contributed by atoms with Crippen LogP contribution in [0, 0.1) is 11.8 Å². The molecule has 4 heteroatoms. The third kappa shape index (κ3) is 1.89. The molecule has 3 aromatic rings. The van der Waals surface area contributed by atoms with Gasteiger partial charge in [0.2, 0.25) is 5.91 Å². The van der Waals surface area contributed by atoms with Gasteiger partial charge < -0.3 is 0 Å². The van der Waals surface area contributed by atoms with E-state index in [0.29, 0.717) is 5.69 Å². The quantitative estimate of drug-likeness (QED) is 0.716. The van der Waals surface area contributed by atoms with Gasteiger partial charge >= 0.3 is 0 Å². The van der Waals surface area contributed by atoms with Crippen LogP contribution in [0.2, 0.25) is 0 Å². The van der Waals surface area contributed by atoms with Crippen molar-refractivity contribution in [3.63, 3.8) is 0 Å². The topological polar surface area (TPSA) is 49.4 Å². The molecule has 0 saturated carbocycles. The maximum atomic E-state index is 13.6. The van der Waals surface area contributed by atoms with E-state index in [9.17, 15) is 9.59 Å². The van der Waals surface area contributed by atoms with E-state index in [1.807, 2.05) is 54.6 Å². The van der Waals surface area contributed by atoms with Gasteiger partial charge in [-0.1, -0.05) is 66.7 Å². The normalized spacial score (nSPS) is 26.9. The monoisotopic (exact) mass is 366 g/mol. The molecule has 2 atom stereocenters. The van der Waals surface area contributed by atoms with E-state index in [1.165, 1.54) is 27.3 Å². The van der Waals surface area contributed by atoms with Crippen LogP contribution in [0.15, 0.2) is 78.9 Å². The standard InChI is InChI=1S/C24H18N2O2/c27-23-21-19-15-10-4-6-12-17(15)20(18-13-7-5-11-16(18)19)22(21)24(28)26(25-23)14-8-2-1-3-9-14/h1-13,19-22H,(H,25,27)/t19?,20?,21-,22-/m0/s1. The largest absolute Gasteiger partial charge is 0.273 e. The van der Waals surface area contributed by atoms with E-state index < -0.39 is 0 Å². The number of carbonyl (C=O) groups is 2. The van der Waals surface area contributed by atoms with Gasteiger partial charge in [-0.3, -0.25) is 15.0 Å². The zero-order chi connectivity index (χ0) is 18.8. The molecule has 136 valence electrons. The third-order valence-electron chi connectivity index (χ3n) is 6.48. The highest BCUT2D eigenvalue weighted by Gasteiger charge is 2.58. The van der Waals surface area contributed by atoms with E-state index in [0.717, 1.165) is 0 Å². The SMILES string of the molecule is O=C1NN(c2ccccc2)C(=O)[C@H]2C3c4ccccc4C(c4ccccc43)[C@H]12. The van der Waals surface area contributed by atoms with Gasteiger partial charge in [0.05, 0.1) is 17.5 Å². The number of nitrogens with one attached hydrogen (secondary N) is 1. The Hall–Kier alpha value is -3.40. The molecule has 0 unspecified atom stereocenters. The first-order chi connectivity index (χ1) is 13.8. The lowest BCUT2D eigenvalue weighted by molar-refractivity contribution is -0.142. The first-order valence-corrected chi connectivity index (χ1v) is 9.63. The Labute approximate surface area is 162 Å². The molecule has 28 heavy (non-hydrogen) atoms. The Balaban J connectivity index is 1.57. The molecule has 1 N–H and O–H groups in total. The molecule has 1 heterocycles. The minimum absolute atomic E-state index is 0.0326. The van der Waals surface area contributed by atoms with Crippen molar-refractivity contribution in [2.75, 3.05) is 5.01 Å². The molecular formula is C24H18N2O2. The second-order valence-corrected chi connectivity index (χ2v) is 7.75. The van der Waals surface area contributed by atoms with Crippen molar-refractivity contribution < 1.29 is 9.59 Å². The molecule has 0 spiro atoms. The minimum atomic E-state index is -0.385. The van der Waals surface area contributed by atoms with Crippen LogP contribution in [0.4, 0.5) is 5.69 Å². The second kappa shape index (κ2) is 5.55. The molecule has 3 aliphatic carbocycles. The molecule has 0 radical (unpaired) electrons. The molecule has 1 saturated heterocycles. The molecule has 7 rings (SSSR count). The molecule has 1 fully saturated rings. The molecular weight excluding hydrogens is 348 g/mol. The number of hydrogen-bond acceptors (Lipinski definition) is 2. The second-order valence-electron chi connectivity index (χ2n) is 7.75. The number of para-hydroxylation sites is 1. The van der Waals surface area contributed by atoms with Crippen molar-refractivity contribution in [2.45, 2.75) is 11.8 Å². The Kier molecular flexibility index (Phi) is 3.10. The maximum Gasteiger partial charge on any atom is 0.250 e.